The van der Waals surface area contributed by atoms with Gasteiger partial charge in [0.15, 0.2) is 0 Å². The number of amides is 1. The molecule has 3 heterocycles. The molecule has 26 heavy (non-hydrogen) atoms. The number of rotatable bonds is 5. The number of carbonyl (C=O) groups is 1. The monoisotopic (exact) mass is 360 g/mol. The van der Waals surface area contributed by atoms with Crippen LogP contribution in [0.3, 0.4) is 0 Å². The third-order valence-corrected chi connectivity index (χ3v) is 6.05. The number of ether oxygens (including phenoxy) is 1. The summed E-state index contributed by atoms with van der Waals surface area (Å²) in [7, 11) is 4.25. The van der Waals surface area contributed by atoms with Gasteiger partial charge in [0.1, 0.15) is 5.82 Å². The van der Waals surface area contributed by atoms with Crippen LogP contribution in [0, 0.1) is 5.92 Å². The van der Waals surface area contributed by atoms with Gasteiger partial charge in [0.2, 0.25) is 0 Å². The van der Waals surface area contributed by atoms with Crippen molar-refractivity contribution in [2.75, 3.05) is 52.3 Å². The lowest BCUT2D eigenvalue weighted by Gasteiger charge is -2.43. The molecule has 0 unspecified atom stereocenters. The fourth-order valence-electron chi connectivity index (χ4n) is 3.81. The molecular formula is C20H32N4O2. The zero-order valence-electron chi connectivity index (χ0n) is 16.3. The average molecular weight is 361 g/mol. The first-order valence-electron chi connectivity index (χ1n) is 9.74. The number of nitrogens with zero attached hydrogens (tertiary/aromatic N) is 3. The first-order chi connectivity index (χ1) is 12.5. The number of piperidine rings is 1. The lowest BCUT2D eigenvalue weighted by molar-refractivity contribution is -0.000666. The maximum absolute atomic E-state index is 12.6. The van der Waals surface area contributed by atoms with Crippen LogP contribution in [0.1, 0.15) is 43.0 Å². The van der Waals surface area contributed by atoms with Crippen molar-refractivity contribution in [1.29, 1.82) is 0 Å². The van der Waals surface area contributed by atoms with Gasteiger partial charge in [-0.2, -0.15) is 0 Å². The van der Waals surface area contributed by atoms with Crippen LogP contribution in [0.5, 0.6) is 0 Å². The van der Waals surface area contributed by atoms with Crippen LogP contribution in [0.25, 0.3) is 0 Å². The summed E-state index contributed by atoms with van der Waals surface area (Å²) in [6, 6.07) is 3.81. The lowest BCUT2D eigenvalue weighted by atomic mass is 9.88. The molecule has 2 aliphatic heterocycles. The van der Waals surface area contributed by atoms with E-state index >= 15 is 0 Å². The molecule has 1 N–H and O–H groups in total. The summed E-state index contributed by atoms with van der Waals surface area (Å²) >= 11 is 0. The molecule has 0 atom stereocenters. The summed E-state index contributed by atoms with van der Waals surface area (Å²) in [6.07, 6.45) is 5.91. The van der Waals surface area contributed by atoms with Gasteiger partial charge in [0.25, 0.3) is 5.91 Å². The average Bonchev–Trinajstić information content (AvgIpc) is 2.67. The van der Waals surface area contributed by atoms with E-state index in [9.17, 15) is 4.79 Å². The summed E-state index contributed by atoms with van der Waals surface area (Å²) in [4.78, 5) is 21.3. The molecule has 0 saturated carbocycles. The largest absolute Gasteiger partial charge is 0.381 e. The van der Waals surface area contributed by atoms with Crippen LogP contribution >= 0.6 is 0 Å². The summed E-state index contributed by atoms with van der Waals surface area (Å²) in [5, 5.41) is 3.45. The predicted molar refractivity (Wildman–Crippen MR) is 103 cm³/mol. The van der Waals surface area contributed by atoms with Crippen molar-refractivity contribution in [3.63, 3.8) is 0 Å². The van der Waals surface area contributed by atoms with Gasteiger partial charge in [0.05, 0.1) is 5.56 Å². The number of pyridine rings is 1. The van der Waals surface area contributed by atoms with Crippen LogP contribution < -0.4 is 5.32 Å². The Hall–Kier alpha value is -1.66. The third kappa shape index (κ3) is 4.35. The van der Waals surface area contributed by atoms with Gasteiger partial charge in [-0.1, -0.05) is 6.92 Å². The van der Waals surface area contributed by atoms with E-state index in [1.54, 1.807) is 6.20 Å². The molecule has 1 aromatic rings. The third-order valence-electron chi connectivity index (χ3n) is 6.05. The van der Waals surface area contributed by atoms with Gasteiger partial charge >= 0.3 is 0 Å². The number of aromatic nitrogens is 1. The molecule has 6 nitrogen and oxygen atoms in total. The van der Waals surface area contributed by atoms with Crippen molar-refractivity contribution in [2.45, 2.75) is 38.1 Å². The quantitative estimate of drug-likeness (QED) is 0.874. The number of hydrogen-bond acceptors (Lipinski definition) is 5. The smallest absolute Gasteiger partial charge is 0.255 e. The molecule has 6 heteroatoms. The molecule has 0 bridgehead atoms. The van der Waals surface area contributed by atoms with Gasteiger partial charge in [-0.05, 0) is 57.8 Å². The van der Waals surface area contributed by atoms with Crippen molar-refractivity contribution in [3.05, 3.63) is 23.9 Å². The molecule has 2 fully saturated rings. The second-order valence-corrected chi connectivity index (χ2v) is 7.99. The predicted octanol–water partition coefficient (Wildman–Crippen LogP) is 2.48. The van der Waals surface area contributed by atoms with Crippen molar-refractivity contribution in [1.82, 2.24) is 14.8 Å². The zero-order valence-corrected chi connectivity index (χ0v) is 16.3. The maximum atomic E-state index is 12.6. The fourth-order valence-corrected chi connectivity index (χ4v) is 3.81. The molecule has 0 radical (unpaired) electrons. The minimum absolute atomic E-state index is 0.0961. The van der Waals surface area contributed by atoms with Gasteiger partial charge in [-0.15, -0.1) is 0 Å². The minimum atomic E-state index is 0.0961. The van der Waals surface area contributed by atoms with E-state index in [0.29, 0.717) is 5.56 Å². The van der Waals surface area contributed by atoms with E-state index in [-0.39, 0.29) is 11.4 Å². The number of carbonyl (C=O) groups excluding carboxylic acids is 1. The topological polar surface area (TPSA) is 57.7 Å². The Bertz CT molecular complexity index is 588. The summed E-state index contributed by atoms with van der Waals surface area (Å²) < 4.78 is 5.52. The molecule has 2 aliphatic rings. The highest BCUT2D eigenvalue weighted by Gasteiger charge is 2.34. The van der Waals surface area contributed by atoms with E-state index in [1.807, 2.05) is 17.0 Å². The highest BCUT2D eigenvalue weighted by atomic mass is 16.5. The summed E-state index contributed by atoms with van der Waals surface area (Å²) in [5.74, 6) is 1.64. The standard InChI is InChI=1S/C20H32N4O2/c1-16-6-10-24(11-7-16)19(25)17-4-5-18(21-14-17)22-15-20(23(2)3)8-12-26-13-9-20/h4-5,14,16H,6-13,15H2,1-3H3,(H,21,22). The Morgan fingerprint density at radius 2 is 2.00 bits per heavy atom. The second-order valence-electron chi connectivity index (χ2n) is 7.99. The number of hydrogen-bond donors (Lipinski definition) is 1. The zero-order chi connectivity index (χ0) is 18.6. The molecule has 2 saturated heterocycles. The van der Waals surface area contributed by atoms with E-state index < -0.39 is 0 Å². The molecule has 0 spiro atoms. The van der Waals surface area contributed by atoms with E-state index in [4.69, 9.17) is 4.74 Å². The minimum Gasteiger partial charge on any atom is -0.381 e. The van der Waals surface area contributed by atoms with E-state index in [0.717, 1.165) is 70.3 Å². The van der Waals surface area contributed by atoms with Gasteiger partial charge < -0.3 is 19.9 Å². The van der Waals surface area contributed by atoms with Crippen LogP contribution in [0.2, 0.25) is 0 Å². The molecule has 0 aromatic carbocycles. The highest BCUT2D eigenvalue weighted by molar-refractivity contribution is 5.94. The maximum Gasteiger partial charge on any atom is 0.255 e. The first-order valence-corrected chi connectivity index (χ1v) is 9.74. The van der Waals surface area contributed by atoms with Gasteiger partial charge in [-0.3, -0.25) is 4.79 Å². The molecule has 3 rings (SSSR count). The molecule has 1 amide bonds. The first kappa shape index (κ1) is 19.1. The number of likely N-dealkylation sites (N-methyl/N-ethyl adjacent to an activating group) is 1. The second kappa shape index (κ2) is 8.35. The van der Waals surface area contributed by atoms with Crippen molar-refractivity contribution >= 4 is 11.7 Å². The van der Waals surface area contributed by atoms with E-state index in [2.05, 4.69) is 36.2 Å². The fraction of sp³-hybridized carbons (Fsp3) is 0.700. The molecule has 144 valence electrons. The van der Waals surface area contributed by atoms with Crippen LogP contribution in [0.15, 0.2) is 18.3 Å². The number of likely N-dealkylation sites (tertiary alicyclic amines) is 1. The van der Waals surface area contributed by atoms with Gasteiger partial charge in [-0.25, -0.2) is 4.98 Å². The Labute approximate surface area is 156 Å². The summed E-state index contributed by atoms with van der Waals surface area (Å²) in [6.45, 7) is 6.39. The van der Waals surface area contributed by atoms with Crippen molar-refractivity contribution < 1.29 is 9.53 Å². The van der Waals surface area contributed by atoms with Crippen molar-refractivity contribution in [3.8, 4) is 0 Å². The molecular weight excluding hydrogens is 328 g/mol. The van der Waals surface area contributed by atoms with E-state index in [1.165, 1.54) is 0 Å². The van der Waals surface area contributed by atoms with Crippen LogP contribution in [-0.2, 0) is 4.74 Å². The van der Waals surface area contributed by atoms with Crippen LogP contribution in [-0.4, -0.2) is 73.2 Å². The Morgan fingerprint density at radius 1 is 1.31 bits per heavy atom. The summed E-state index contributed by atoms with van der Waals surface area (Å²) in [5.41, 5.74) is 0.775. The molecule has 0 aliphatic carbocycles. The SMILES string of the molecule is CC1CCN(C(=O)c2ccc(NCC3(N(C)C)CCOCC3)nc2)CC1. The normalized spacial score (nSPS) is 21.0. The van der Waals surface area contributed by atoms with Crippen LogP contribution in [0.4, 0.5) is 5.82 Å². The molecule has 1 aromatic heterocycles. The number of nitrogens with one attached hydrogen (secondary N) is 1. The highest BCUT2D eigenvalue weighted by Crippen LogP contribution is 2.26. The number of anilines is 1. The Morgan fingerprint density at radius 3 is 2.58 bits per heavy atom. The Balaban J connectivity index is 1.58. The van der Waals surface area contributed by atoms with Crippen molar-refractivity contribution in [2.24, 2.45) is 5.92 Å². The Kier molecular flexibility index (Phi) is 6.14. The van der Waals surface area contributed by atoms with Gasteiger partial charge in [0, 0.05) is 44.6 Å². The lowest BCUT2D eigenvalue weighted by Crippen LogP contribution is -2.53.